The second kappa shape index (κ2) is 10.4. The summed E-state index contributed by atoms with van der Waals surface area (Å²) in [5, 5.41) is 5.75. The molecular formula is C46H32N2O. The Labute approximate surface area is 284 Å². The van der Waals surface area contributed by atoms with Crippen LogP contribution in [-0.4, -0.2) is 4.98 Å². The molecule has 3 nitrogen and oxygen atoms in total. The average Bonchev–Trinajstić information content (AvgIpc) is 3.64. The molecule has 0 aliphatic heterocycles. The van der Waals surface area contributed by atoms with Crippen LogP contribution in [0.1, 0.15) is 25.0 Å². The average molecular weight is 629 g/mol. The molecule has 3 heteroatoms. The molecule has 232 valence electrons. The first kappa shape index (κ1) is 27.9. The van der Waals surface area contributed by atoms with Crippen molar-refractivity contribution in [1.82, 2.24) is 4.98 Å². The fourth-order valence-corrected chi connectivity index (χ4v) is 8.09. The van der Waals surface area contributed by atoms with Gasteiger partial charge in [-0.25, -0.2) is 4.98 Å². The Morgan fingerprint density at radius 1 is 0.510 bits per heavy atom. The van der Waals surface area contributed by atoms with Crippen LogP contribution in [0.25, 0.3) is 66.0 Å². The van der Waals surface area contributed by atoms with Gasteiger partial charge >= 0.3 is 0 Å². The van der Waals surface area contributed by atoms with Gasteiger partial charge in [-0.15, -0.1) is 0 Å². The summed E-state index contributed by atoms with van der Waals surface area (Å²) in [4.78, 5) is 7.57. The van der Waals surface area contributed by atoms with Crippen molar-refractivity contribution in [2.45, 2.75) is 19.3 Å². The molecule has 0 unspecified atom stereocenters. The number of nitrogens with zero attached hydrogens (tertiary/aromatic N) is 2. The zero-order valence-electron chi connectivity index (χ0n) is 27.3. The van der Waals surface area contributed by atoms with Gasteiger partial charge in [0.15, 0.2) is 0 Å². The van der Waals surface area contributed by atoms with Crippen molar-refractivity contribution in [3.05, 3.63) is 169 Å². The molecular weight excluding hydrogens is 597 g/mol. The lowest BCUT2D eigenvalue weighted by molar-refractivity contribution is 0.660. The van der Waals surface area contributed by atoms with E-state index in [2.05, 4.69) is 164 Å². The topological polar surface area (TPSA) is 29.3 Å². The molecule has 10 rings (SSSR count). The fourth-order valence-electron chi connectivity index (χ4n) is 8.09. The van der Waals surface area contributed by atoms with E-state index in [1.54, 1.807) is 0 Å². The molecule has 0 spiro atoms. The monoisotopic (exact) mass is 628 g/mol. The standard InChI is InChI=1S/C46H32N2O/c1-46(2)38-17-8-5-13-33(38)34-27-26-31(28-39(34)46)48(41-19-11-21-43-44(41)37-16-7-10-20-42(37)49-43)30-24-22-29(23-25-30)45-36-15-4-3-12-32(36)35-14-6-9-18-40(35)47-45/h3-28H,1-2H3. The summed E-state index contributed by atoms with van der Waals surface area (Å²) in [5.74, 6) is 0. The number of aromatic nitrogens is 1. The highest BCUT2D eigenvalue weighted by Crippen LogP contribution is 2.51. The first-order valence-electron chi connectivity index (χ1n) is 16.9. The molecule has 1 aliphatic carbocycles. The largest absolute Gasteiger partial charge is 0.456 e. The molecule has 0 radical (unpaired) electrons. The smallest absolute Gasteiger partial charge is 0.137 e. The van der Waals surface area contributed by atoms with Crippen molar-refractivity contribution >= 4 is 60.7 Å². The Morgan fingerprint density at radius 2 is 1.16 bits per heavy atom. The molecule has 0 amide bonds. The van der Waals surface area contributed by atoms with Crippen LogP contribution < -0.4 is 4.90 Å². The van der Waals surface area contributed by atoms with E-state index in [1.165, 1.54) is 33.0 Å². The number of pyridine rings is 1. The third kappa shape index (κ3) is 4.12. The number of furan rings is 1. The minimum absolute atomic E-state index is 0.116. The maximum atomic E-state index is 6.38. The van der Waals surface area contributed by atoms with Crippen molar-refractivity contribution in [3.8, 4) is 22.4 Å². The zero-order valence-corrected chi connectivity index (χ0v) is 27.3. The van der Waals surface area contributed by atoms with Crippen LogP contribution in [0.3, 0.4) is 0 Å². The van der Waals surface area contributed by atoms with Gasteiger partial charge in [0.05, 0.1) is 22.3 Å². The summed E-state index contributed by atoms with van der Waals surface area (Å²) in [6.45, 7) is 4.68. The summed E-state index contributed by atoms with van der Waals surface area (Å²) in [6, 6.07) is 56.4. The summed E-state index contributed by atoms with van der Waals surface area (Å²) in [5.41, 5.74) is 13.3. The van der Waals surface area contributed by atoms with Crippen LogP contribution in [0.15, 0.2) is 162 Å². The molecule has 0 bridgehead atoms. The Kier molecular flexibility index (Phi) is 5.92. The summed E-state index contributed by atoms with van der Waals surface area (Å²) in [6.07, 6.45) is 0. The maximum absolute atomic E-state index is 6.38. The van der Waals surface area contributed by atoms with E-state index in [1.807, 2.05) is 12.1 Å². The highest BCUT2D eigenvalue weighted by molar-refractivity contribution is 6.14. The predicted octanol–water partition coefficient (Wildman–Crippen LogP) is 12.7. The van der Waals surface area contributed by atoms with E-state index in [0.717, 1.165) is 61.2 Å². The van der Waals surface area contributed by atoms with Crippen molar-refractivity contribution in [2.75, 3.05) is 4.90 Å². The molecule has 2 heterocycles. The van der Waals surface area contributed by atoms with E-state index in [9.17, 15) is 0 Å². The molecule has 0 saturated carbocycles. The summed E-state index contributed by atoms with van der Waals surface area (Å²) < 4.78 is 6.38. The minimum Gasteiger partial charge on any atom is -0.456 e. The van der Waals surface area contributed by atoms with E-state index >= 15 is 0 Å². The lowest BCUT2D eigenvalue weighted by atomic mass is 9.82. The van der Waals surface area contributed by atoms with Gasteiger partial charge in [-0.2, -0.15) is 0 Å². The number of fused-ring (bicyclic) bond motifs is 9. The van der Waals surface area contributed by atoms with Gasteiger partial charge in [-0.3, -0.25) is 0 Å². The Hall–Kier alpha value is -6.19. The van der Waals surface area contributed by atoms with Gasteiger partial charge in [0.2, 0.25) is 0 Å². The highest BCUT2D eigenvalue weighted by Gasteiger charge is 2.36. The molecule has 9 aromatic rings. The maximum Gasteiger partial charge on any atom is 0.137 e. The van der Waals surface area contributed by atoms with E-state index in [-0.39, 0.29) is 5.41 Å². The fraction of sp³-hybridized carbons (Fsp3) is 0.0652. The van der Waals surface area contributed by atoms with Crippen LogP contribution in [0.5, 0.6) is 0 Å². The third-order valence-electron chi connectivity index (χ3n) is 10.5. The summed E-state index contributed by atoms with van der Waals surface area (Å²) in [7, 11) is 0. The Morgan fingerprint density at radius 3 is 2.02 bits per heavy atom. The first-order valence-corrected chi connectivity index (χ1v) is 16.9. The van der Waals surface area contributed by atoms with Crippen LogP contribution >= 0.6 is 0 Å². The van der Waals surface area contributed by atoms with Gasteiger partial charge < -0.3 is 9.32 Å². The zero-order chi connectivity index (χ0) is 32.7. The Bertz CT molecular complexity index is 2750. The molecule has 0 atom stereocenters. The SMILES string of the molecule is CC1(C)c2ccccc2-c2ccc(N(c3ccc(-c4nc5ccccc5c5ccccc45)cc3)c3cccc4oc5ccccc5c34)cc21. The molecule has 1 aliphatic rings. The van der Waals surface area contributed by atoms with E-state index < -0.39 is 0 Å². The third-order valence-corrected chi connectivity index (χ3v) is 10.5. The van der Waals surface area contributed by atoms with E-state index in [0.29, 0.717) is 0 Å². The van der Waals surface area contributed by atoms with Gasteiger partial charge in [-0.1, -0.05) is 123 Å². The van der Waals surface area contributed by atoms with Crippen LogP contribution in [0.4, 0.5) is 17.1 Å². The molecule has 2 aromatic heterocycles. The minimum atomic E-state index is -0.116. The quantitative estimate of drug-likeness (QED) is 0.182. The predicted molar refractivity (Wildman–Crippen MR) is 204 cm³/mol. The van der Waals surface area contributed by atoms with Gasteiger partial charge in [0.1, 0.15) is 11.2 Å². The van der Waals surface area contributed by atoms with Gasteiger partial charge in [0, 0.05) is 38.5 Å². The van der Waals surface area contributed by atoms with Crippen LogP contribution in [0.2, 0.25) is 0 Å². The number of anilines is 3. The van der Waals surface area contributed by atoms with Gasteiger partial charge in [0.25, 0.3) is 0 Å². The lowest BCUT2D eigenvalue weighted by Crippen LogP contribution is -2.16. The lowest BCUT2D eigenvalue weighted by Gasteiger charge is -2.28. The second-order valence-corrected chi connectivity index (χ2v) is 13.6. The van der Waals surface area contributed by atoms with Crippen molar-refractivity contribution in [3.63, 3.8) is 0 Å². The Balaban J connectivity index is 1.18. The normalized spacial score (nSPS) is 13.3. The van der Waals surface area contributed by atoms with Crippen molar-refractivity contribution < 1.29 is 4.42 Å². The van der Waals surface area contributed by atoms with Crippen molar-refractivity contribution in [1.29, 1.82) is 0 Å². The molecule has 7 aromatic carbocycles. The highest BCUT2D eigenvalue weighted by atomic mass is 16.3. The summed E-state index contributed by atoms with van der Waals surface area (Å²) >= 11 is 0. The number of rotatable bonds is 4. The molecule has 49 heavy (non-hydrogen) atoms. The number of para-hydroxylation sites is 2. The molecule has 0 saturated heterocycles. The van der Waals surface area contributed by atoms with Gasteiger partial charge in [-0.05, 0) is 76.2 Å². The molecule has 0 fully saturated rings. The number of hydrogen-bond acceptors (Lipinski definition) is 3. The van der Waals surface area contributed by atoms with E-state index in [4.69, 9.17) is 9.40 Å². The van der Waals surface area contributed by atoms with Crippen LogP contribution in [-0.2, 0) is 5.41 Å². The van der Waals surface area contributed by atoms with Crippen molar-refractivity contribution in [2.24, 2.45) is 0 Å². The first-order chi connectivity index (χ1) is 24.1. The second-order valence-electron chi connectivity index (χ2n) is 13.6. The van der Waals surface area contributed by atoms with Crippen LogP contribution in [0, 0.1) is 0 Å². The number of hydrogen-bond donors (Lipinski definition) is 0. The number of benzene rings is 7. The molecule has 0 N–H and O–H groups in total.